The lowest BCUT2D eigenvalue weighted by Gasteiger charge is -2.27. The van der Waals surface area contributed by atoms with Gasteiger partial charge in [0.05, 0.1) is 24.3 Å². The molecule has 1 rings (SSSR count). The molecular formula is C19H29N3O5. The standard InChI is InChI=1S/C19H29N3O5/c1-12(2)16(23)26-11-19(5,10-25-13(3)4)17(24)27-15-8-6-14(7-9-15)22-18(20)21/h6-9,12-13H,10-11H2,1-5H3,(H4,20,21,22). The summed E-state index contributed by atoms with van der Waals surface area (Å²) < 4.78 is 16.3. The number of rotatable bonds is 9. The van der Waals surface area contributed by atoms with E-state index in [1.807, 2.05) is 13.8 Å². The largest absolute Gasteiger partial charge is 0.464 e. The summed E-state index contributed by atoms with van der Waals surface area (Å²) in [5.74, 6) is -0.987. The fourth-order valence-electron chi connectivity index (χ4n) is 1.88. The maximum absolute atomic E-state index is 12.7. The number of benzene rings is 1. The number of aliphatic imine (C=N–C) groups is 1. The van der Waals surface area contributed by atoms with E-state index in [0.717, 1.165) is 0 Å². The highest BCUT2D eigenvalue weighted by Crippen LogP contribution is 2.25. The number of hydrogen-bond donors (Lipinski definition) is 2. The van der Waals surface area contributed by atoms with Crippen molar-refractivity contribution < 1.29 is 23.8 Å². The monoisotopic (exact) mass is 379 g/mol. The van der Waals surface area contributed by atoms with Crippen LogP contribution in [0.5, 0.6) is 5.75 Å². The highest BCUT2D eigenvalue weighted by molar-refractivity contribution is 5.81. The second kappa shape index (κ2) is 9.91. The van der Waals surface area contributed by atoms with Crippen LogP contribution in [0.2, 0.25) is 0 Å². The van der Waals surface area contributed by atoms with Gasteiger partial charge in [0, 0.05) is 0 Å². The average Bonchev–Trinajstić information content (AvgIpc) is 2.58. The van der Waals surface area contributed by atoms with Gasteiger partial charge in [-0.3, -0.25) is 9.59 Å². The molecule has 0 aliphatic heterocycles. The normalized spacial score (nSPS) is 13.1. The number of carbonyl (C=O) groups is 2. The number of esters is 2. The van der Waals surface area contributed by atoms with Crippen LogP contribution in [0, 0.1) is 11.3 Å². The molecule has 0 saturated heterocycles. The van der Waals surface area contributed by atoms with Gasteiger partial charge < -0.3 is 25.7 Å². The highest BCUT2D eigenvalue weighted by Gasteiger charge is 2.38. The molecule has 0 fully saturated rings. The molecule has 1 aromatic carbocycles. The van der Waals surface area contributed by atoms with Gasteiger partial charge in [-0.15, -0.1) is 0 Å². The summed E-state index contributed by atoms with van der Waals surface area (Å²) in [4.78, 5) is 28.4. The van der Waals surface area contributed by atoms with Crippen molar-refractivity contribution in [1.82, 2.24) is 0 Å². The maximum Gasteiger partial charge on any atom is 0.323 e. The minimum absolute atomic E-state index is 0.0565. The zero-order valence-electron chi connectivity index (χ0n) is 16.5. The van der Waals surface area contributed by atoms with Gasteiger partial charge in [-0.2, -0.15) is 0 Å². The van der Waals surface area contributed by atoms with E-state index in [1.165, 1.54) is 0 Å². The molecule has 0 amide bonds. The summed E-state index contributed by atoms with van der Waals surface area (Å²) in [6.45, 7) is 8.71. The molecule has 0 heterocycles. The first kappa shape index (κ1) is 22.4. The van der Waals surface area contributed by atoms with Gasteiger partial charge in [0.1, 0.15) is 17.8 Å². The van der Waals surface area contributed by atoms with E-state index in [-0.39, 0.29) is 37.2 Å². The Kier molecular flexibility index (Phi) is 8.24. The summed E-state index contributed by atoms with van der Waals surface area (Å²) in [6.07, 6.45) is -0.0863. The minimum atomic E-state index is -1.15. The molecular weight excluding hydrogens is 350 g/mol. The smallest absolute Gasteiger partial charge is 0.323 e. The molecule has 0 spiro atoms. The van der Waals surface area contributed by atoms with Crippen LogP contribution in [0.25, 0.3) is 0 Å². The molecule has 8 nitrogen and oxygen atoms in total. The van der Waals surface area contributed by atoms with Gasteiger partial charge in [0.2, 0.25) is 0 Å². The molecule has 0 radical (unpaired) electrons. The Hall–Kier alpha value is -2.61. The van der Waals surface area contributed by atoms with Crippen molar-refractivity contribution in [1.29, 1.82) is 0 Å². The Morgan fingerprint density at radius 3 is 2.15 bits per heavy atom. The Balaban J connectivity index is 2.88. The van der Waals surface area contributed by atoms with Gasteiger partial charge in [-0.25, -0.2) is 4.99 Å². The Morgan fingerprint density at radius 2 is 1.67 bits per heavy atom. The molecule has 1 aromatic rings. The first-order valence-electron chi connectivity index (χ1n) is 8.73. The average molecular weight is 379 g/mol. The quantitative estimate of drug-likeness (QED) is 0.291. The first-order chi connectivity index (χ1) is 12.5. The Morgan fingerprint density at radius 1 is 1.07 bits per heavy atom. The zero-order chi connectivity index (χ0) is 20.6. The van der Waals surface area contributed by atoms with Crippen LogP contribution in [-0.4, -0.2) is 37.2 Å². The van der Waals surface area contributed by atoms with Crippen molar-refractivity contribution in [3.63, 3.8) is 0 Å². The minimum Gasteiger partial charge on any atom is -0.464 e. The summed E-state index contributed by atoms with van der Waals surface area (Å²) >= 11 is 0. The summed E-state index contributed by atoms with van der Waals surface area (Å²) in [7, 11) is 0. The van der Waals surface area contributed by atoms with Crippen LogP contribution in [0.1, 0.15) is 34.6 Å². The van der Waals surface area contributed by atoms with Gasteiger partial charge >= 0.3 is 11.9 Å². The molecule has 8 heteroatoms. The van der Waals surface area contributed by atoms with Crippen LogP contribution in [0.4, 0.5) is 5.69 Å². The lowest BCUT2D eigenvalue weighted by molar-refractivity contribution is -0.163. The lowest BCUT2D eigenvalue weighted by Crippen LogP contribution is -2.42. The molecule has 150 valence electrons. The maximum atomic E-state index is 12.7. The third-order valence-corrected chi connectivity index (χ3v) is 3.54. The van der Waals surface area contributed by atoms with Crippen LogP contribution < -0.4 is 16.2 Å². The van der Waals surface area contributed by atoms with E-state index < -0.39 is 11.4 Å². The number of hydrogen-bond acceptors (Lipinski definition) is 6. The van der Waals surface area contributed by atoms with Crippen LogP contribution >= 0.6 is 0 Å². The van der Waals surface area contributed by atoms with Crippen molar-refractivity contribution in [2.24, 2.45) is 27.8 Å². The van der Waals surface area contributed by atoms with Gasteiger partial charge in [0.15, 0.2) is 5.96 Å². The van der Waals surface area contributed by atoms with E-state index in [2.05, 4.69) is 4.99 Å². The van der Waals surface area contributed by atoms with Crippen LogP contribution in [0.15, 0.2) is 29.3 Å². The molecule has 4 N–H and O–H groups in total. The Bertz CT molecular complexity index is 666. The van der Waals surface area contributed by atoms with Gasteiger partial charge in [-0.05, 0) is 45.0 Å². The molecule has 1 atom stereocenters. The van der Waals surface area contributed by atoms with E-state index in [4.69, 9.17) is 25.7 Å². The van der Waals surface area contributed by atoms with Crippen molar-refractivity contribution in [2.75, 3.05) is 13.2 Å². The summed E-state index contributed by atoms with van der Waals surface area (Å²) in [5, 5.41) is 0. The number of guanidine groups is 1. The second-order valence-electron chi connectivity index (χ2n) is 7.10. The number of carbonyl (C=O) groups excluding carboxylic acids is 2. The topological polar surface area (TPSA) is 126 Å². The molecule has 0 bridgehead atoms. The van der Waals surface area contributed by atoms with E-state index >= 15 is 0 Å². The van der Waals surface area contributed by atoms with Gasteiger partial charge in [0.25, 0.3) is 0 Å². The number of nitrogens with two attached hydrogens (primary N) is 2. The Labute approximate surface area is 159 Å². The van der Waals surface area contributed by atoms with Gasteiger partial charge in [-0.1, -0.05) is 13.8 Å². The molecule has 1 unspecified atom stereocenters. The molecule has 0 aliphatic carbocycles. The second-order valence-corrected chi connectivity index (χ2v) is 7.10. The third kappa shape index (κ3) is 7.65. The number of ether oxygens (including phenoxy) is 3. The summed E-state index contributed by atoms with van der Waals surface area (Å²) in [6, 6.07) is 6.37. The SMILES string of the molecule is CC(C)OCC(C)(COC(=O)C(C)C)C(=O)Oc1ccc(N=C(N)N)cc1. The lowest BCUT2D eigenvalue weighted by atomic mass is 9.93. The first-order valence-corrected chi connectivity index (χ1v) is 8.73. The number of nitrogens with zero attached hydrogens (tertiary/aromatic N) is 1. The van der Waals surface area contributed by atoms with Crippen molar-refractivity contribution in [3.8, 4) is 5.75 Å². The van der Waals surface area contributed by atoms with E-state index in [0.29, 0.717) is 11.4 Å². The van der Waals surface area contributed by atoms with Crippen LogP contribution in [0.3, 0.4) is 0 Å². The molecule has 0 aliphatic rings. The third-order valence-electron chi connectivity index (χ3n) is 3.54. The van der Waals surface area contributed by atoms with Crippen molar-refractivity contribution >= 4 is 23.6 Å². The molecule has 0 aromatic heterocycles. The fraction of sp³-hybridized carbons (Fsp3) is 0.526. The van der Waals surface area contributed by atoms with Crippen molar-refractivity contribution in [3.05, 3.63) is 24.3 Å². The molecule has 27 heavy (non-hydrogen) atoms. The summed E-state index contributed by atoms with van der Waals surface area (Å²) in [5.41, 5.74) is 10.0. The highest BCUT2D eigenvalue weighted by atomic mass is 16.6. The predicted octanol–water partition coefficient (Wildman–Crippen LogP) is 2.13. The van der Waals surface area contributed by atoms with Crippen LogP contribution in [-0.2, 0) is 19.1 Å². The van der Waals surface area contributed by atoms with E-state index in [9.17, 15) is 9.59 Å². The van der Waals surface area contributed by atoms with Crippen molar-refractivity contribution in [2.45, 2.75) is 40.7 Å². The van der Waals surface area contributed by atoms with E-state index in [1.54, 1.807) is 45.0 Å². The predicted molar refractivity (Wildman–Crippen MR) is 103 cm³/mol. The fourth-order valence-corrected chi connectivity index (χ4v) is 1.88. The molecule has 0 saturated carbocycles. The zero-order valence-corrected chi connectivity index (χ0v) is 16.5.